The quantitative estimate of drug-likeness (QED) is 0.570. The lowest BCUT2D eigenvalue weighted by atomic mass is 10.1. The summed E-state index contributed by atoms with van der Waals surface area (Å²) in [5, 5.41) is 4.43. The molecule has 0 aliphatic rings. The first kappa shape index (κ1) is 15.3. The number of aromatic nitrogens is 3. The molecule has 0 spiro atoms. The van der Waals surface area contributed by atoms with Gasteiger partial charge in [0.1, 0.15) is 11.6 Å². The number of aromatic amines is 1. The van der Waals surface area contributed by atoms with E-state index in [2.05, 4.69) is 45.4 Å². The van der Waals surface area contributed by atoms with Crippen LogP contribution in [0.2, 0.25) is 0 Å². The molecule has 0 fully saturated rings. The third-order valence-electron chi connectivity index (χ3n) is 4.29. The van der Waals surface area contributed by atoms with Gasteiger partial charge in [-0.15, -0.1) is 0 Å². The minimum atomic E-state index is -0.227. The second kappa shape index (κ2) is 6.36. The molecule has 124 valence electrons. The molecule has 0 aliphatic carbocycles. The molecule has 4 aromatic rings. The first-order valence-electron chi connectivity index (χ1n) is 8.08. The van der Waals surface area contributed by atoms with Crippen LogP contribution in [0.4, 0.5) is 10.2 Å². The highest BCUT2D eigenvalue weighted by molar-refractivity contribution is 5.91. The van der Waals surface area contributed by atoms with Crippen LogP contribution in [-0.4, -0.2) is 15.0 Å². The molecule has 5 heteroatoms. The lowest BCUT2D eigenvalue weighted by Crippen LogP contribution is -2.01. The van der Waals surface area contributed by atoms with Gasteiger partial charge in [-0.25, -0.2) is 9.37 Å². The van der Waals surface area contributed by atoms with Crippen molar-refractivity contribution in [2.75, 3.05) is 5.32 Å². The Bertz CT molecular complexity index is 1010. The minimum Gasteiger partial charge on any atom is -0.365 e. The molecule has 2 aromatic carbocycles. The number of halogens is 1. The molecule has 0 amide bonds. The molecule has 0 radical (unpaired) electrons. The van der Waals surface area contributed by atoms with Crippen molar-refractivity contribution in [2.45, 2.75) is 13.5 Å². The molecule has 2 heterocycles. The van der Waals surface area contributed by atoms with E-state index in [-0.39, 0.29) is 5.82 Å². The highest BCUT2D eigenvalue weighted by Gasteiger charge is 2.10. The third-order valence-corrected chi connectivity index (χ3v) is 4.29. The number of benzene rings is 2. The van der Waals surface area contributed by atoms with Crippen LogP contribution in [0.3, 0.4) is 0 Å². The maximum absolute atomic E-state index is 13.2. The van der Waals surface area contributed by atoms with E-state index in [9.17, 15) is 4.39 Å². The summed E-state index contributed by atoms with van der Waals surface area (Å²) in [5.41, 5.74) is 5.39. The van der Waals surface area contributed by atoms with E-state index >= 15 is 0 Å². The van der Waals surface area contributed by atoms with Crippen LogP contribution in [0.1, 0.15) is 11.1 Å². The molecule has 0 atom stereocenters. The van der Waals surface area contributed by atoms with Crippen LogP contribution in [0.25, 0.3) is 22.2 Å². The lowest BCUT2D eigenvalue weighted by molar-refractivity contribution is 0.628. The zero-order valence-corrected chi connectivity index (χ0v) is 13.8. The molecule has 0 unspecified atom stereocenters. The Hall–Kier alpha value is -3.21. The fourth-order valence-corrected chi connectivity index (χ4v) is 2.97. The van der Waals surface area contributed by atoms with Crippen LogP contribution in [0.5, 0.6) is 0 Å². The van der Waals surface area contributed by atoms with E-state index in [0.717, 1.165) is 39.1 Å². The predicted octanol–water partition coefficient (Wildman–Crippen LogP) is 4.68. The topological polar surface area (TPSA) is 53.6 Å². The van der Waals surface area contributed by atoms with Crippen molar-refractivity contribution in [3.63, 3.8) is 0 Å². The predicted molar refractivity (Wildman–Crippen MR) is 97.8 cm³/mol. The van der Waals surface area contributed by atoms with Crippen LogP contribution < -0.4 is 5.32 Å². The second-order valence-electron chi connectivity index (χ2n) is 5.96. The van der Waals surface area contributed by atoms with Crippen molar-refractivity contribution < 1.29 is 4.39 Å². The third kappa shape index (κ3) is 3.08. The molecular weight excluding hydrogens is 315 g/mol. The number of nitrogens with one attached hydrogen (secondary N) is 2. The molecule has 0 saturated heterocycles. The van der Waals surface area contributed by atoms with E-state index in [0.29, 0.717) is 6.54 Å². The van der Waals surface area contributed by atoms with E-state index in [1.807, 2.05) is 0 Å². The largest absolute Gasteiger partial charge is 0.365 e. The number of H-pyrrole nitrogens is 1. The Morgan fingerprint density at radius 2 is 1.92 bits per heavy atom. The SMILES string of the molecule is Cc1c(-c2ccc(F)cc2)[nH]c2ccc(CNc3cnccn3)cc12. The van der Waals surface area contributed by atoms with Gasteiger partial charge in [0.05, 0.1) is 6.20 Å². The van der Waals surface area contributed by atoms with Crippen LogP contribution in [0.15, 0.2) is 61.1 Å². The van der Waals surface area contributed by atoms with Gasteiger partial charge in [-0.1, -0.05) is 6.07 Å². The van der Waals surface area contributed by atoms with Crippen molar-refractivity contribution in [1.82, 2.24) is 15.0 Å². The Morgan fingerprint density at radius 3 is 2.68 bits per heavy atom. The zero-order chi connectivity index (χ0) is 17.2. The smallest absolute Gasteiger partial charge is 0.144 e. The lowest BCUT2D eigenvalue weighted by Gasteiger charge is -2.05. The Labute approximate surface area is 144 Å². The Kier molecular flexibility index (Phi) is 3.90. The normalized spacial score (nSPS) is 11.0. The van der Waals surface area contributed by atoms with Gasteiger partial charge in [0, 0.05) is 35.5 Å². The summed E-state index contributed by atoms with van der Waals surface area (Å²) in [7, 11) is 0. The molecular formula is C20H17FN4. The zero-order valence-electron chi connectivity index (χ0n) is 13.8. The summed E-state index contributed by atoms with van der Waals surface area (Å²) >= 11 is 0. The first-order valence-corrected chi connectivity index (χ1v) is 8.08. The molecule has 0 aliphatic heterocycles. The van der Waals surface area contributed by atoms with Crippen LogP contribution in [0, 0.1) is 12.7 Å². The van der Waals surface area contributed by atoms with Gasteiger partial charge in [0.25, 0.3) is 0 Å². The Balaban J connectivity index is 1.64. The number of rotatable bonds is 4. The minimum absolute atomic E-state index is 0.227. The van der Waals surface area contributed by atoms with Crippen LogP contribution >= 0.6 is 0 Å². The van der Waals surface area contributed by atoms with Crippen LogP contribution in [-0.2, 0) is 6.54 Å². The standard InChI is InChI=1S/C20H17FN4/c1-13-17-10-14(11-24-19-12-22-8-9-23-19)2-7-18(17)25-20(13)15-3-5-16(21)6-4-15/h2-10,12,25H,11H2,1H3,(H,23,24). The summed E-state index contributed by atoms with van der Waals surface area (Å²) in [6.07, 6.45) is 5.01. The summed E-state index contributed by atoms with van der Waals surface area (Å²) in [4.78, 5) is 11.7. The summed E-state index contributed by atoms with van der Waals surface area (Å²) in [6.45, 7) is 2.75. The molecule has 4 nitrogen and oxygen atoms in total. The number of nitrogens with zero attached hydrogens (tertiary/aromatic N) is 2. The fraction of sp³-hybridized carbons (Fsp3) is 0.100. The molecule has 25 heavy (non-hydrogen) atoms. The van der Waals surface area contributed by atoms with Crippen molar-refractivity contribution in [2.24, 2.45) is 0 Å². The maximum Gasteiger partial charge on any atom is 0.144 e. The number of hydrogen-bond acceptors (Lipinski definition) is 3. The number of fused-ring (bicyclic) bond motifs is 1. The maximum atomic E-state index is 13.2. The van der Waals surface area contributed by atoms with Crippen molar-refractivity contribution >= 4 is 16.7 Å². The van der Waals surface area contributed by atoms with Gasteiger partial charge < -0.3 is 10.3 Å². The monoisotopic (exact) mass is 332 g/mol. The average Bonchev–Trinajstić information content (AvgIpc) is 2.98. The van der Waals surface area contributed by atoms with Gasteiger partial charge in [-0.2, -0.15) is 0 Å². The van der Waals surface area contributed by atoms with E-state index in [1.54, 1.807) is 30.7 Å². The van der Waals surface area contributed by atoms with Gasteiger partial charge in [0.15, 0.2) is 0 Å². The summed E-state index contributed by atoms with van der Waals surface area (Å²) in [5.74, 6) is 0.523. The molecule has 2 aromatic heterocycles. The van der Waals surface area contributed by atoms with E-state index < -0.39 is 0 Å². The second-order valence-corrected chi connectivity index (χ2v) is 5.96. The van der Waals surface area contributed by atoms with Crippen molar-refractivity contribution in [3.05, 3.63) is 78.0 Å². The molecule has 0 bridgehead atoms. The highest BCUT2D eigenvalue weighted by Crippen LogP contribution is 2.30. The van der Waals surface area contributed by atoms with Crippen molar-refractivity contribution in [3.8, 4) is 11.3 Å². The Morgan fingerprint density at radius 1 is 1.08 bits per heavy atom. The molecule has 4 rings (SSSR count). The van der Waals surface area contributed by atoms with Gasteiger partial charge in [-0.3, -0.25) is 4.98 Å². The summed E-state index contributed by atoms with van der Waals surface area (Å²) < 4.78 is 13.2. The highest BCUT2D eigenvalue weighted by atomic mass is 19.1. The van der Waals surface area contributed by atoms with Gasteiger partial charge >= 0.3 is 0 Å². The van der Waals surface area contributed by atoms with Gasteiger partial charge in [0.2, 0.25) is 0 Å². The van der Waals surface area contributed by atoms with E-state index in [1.165, 1.54) is 12.1 Å². The molecule has 0 saturated carbocycles. The molecule has 2 N–H and O–H groups in total. The fourth-order valence-electron chi connectivity index (χ4n) is 2.97. The number of aryl methyl sites for hydroxylation is 1. The van der Waals surface area contributed by atoms with Gasteiger partial charge in [-0.05, 0) is 60.0 Å². The van der Waals surface area contributed by atoms with E-state index in [4.69, 9.17) is 0 Å². The van der Waals surface area contributed by atoms with Crippen molar-refractivity contribution in [1.29, 1.82) is 0 Å². The first-order chi connectivity index (χ1) is 12.2. The number of hydrogen-bond donors (Lipinski definition) is 2. The average molecular weight is 332 g/mol. The number of anilines is 1. The summed E-state index contributed by atoms with van der Waals surface area (Å²) in [6, 6.07) is 12.9.